The maximum Gasteiger partial charge on any atom is 0.339 e. The Kier molecular flexibility index (Phi) is 7.60. The minimum atomic E-state index is -0.941. The van der Waals surface area contributed by atoms with Crippen molar-refractivity contribution in [1.82, 2.24) is 4.98 Å². The maximum atomic E-state index is 13.8. The van der Waals surface area contributed by atoms with Crippen molar-refractivity contribution >= 4 is 51.8 Å². The number of aryl methyl sites for hydroxylation is 1. The van der Waals surface area contributed by atoms with E-state index in [0.29, 0.717) is 56.8 Å². The lowest BCUT2D eigenvalue weighted by Crippen LogP contribution is -2.32. The molecule has 5 atom stereocenters. The second-order valence-corrected chi connectivity index (χ2v) is 13.0. The molecule has 7 nitrogen and oxygen atoms in total. The third-order valence-electron chi connectivity index (χ3n) is 9.84. The van der Waals surface area contributed by atoms with Crippen molar-refractivity contribution < 1.29 is 23.9 Å². The number of hydrogen-bond donors (Lipinski definition) is 0. The summed E-state index contributed by atoms with van der Waals surface area (Å²) in [6, 6.07) is 21.0. The molecular weight excluding hydrogens is 600 g/mol. The number of imide groups is 1. The van der Waals surface area contributed by atoms with E-state index >= 15 is 0 Å². The van der Waals surface area contributed by atoms with E-state index in [1.54, 1.807) is 66.7 Å². The van der Waals surface area contributed by atoms with Gasteiger partial charge in [0.05, 0.1) is 34.3 Å². The SMILES string of the molecule is CCCC(OC(=O)c1cc(-c2ccc(N3C(=O)C4C5C=C(C)C(C5)C4C3=O)cc2)nc2c(C)c(Cl)ccc12)C(=O)c1ccccc1. The first-order valence-electron chi connectivity index (χ1n) is 15.7. The van der Waals surface area contributed by atoms with Gasteiger partial charge in [0.2, 0.25) is 17.6 Å². The number of benzene rings is 3. The van der Waals surface area contributed by atoms with Gasteiger partial charge in [0.25, 0.3) is 0 Å². The van der Waals surface area contributed by atoms with Gasteiger partial charge in [-0.3, -0.25) is 19.3 Å². The zero-order valence-electron chi connectivity index (χ0n) is 25.8. The Balaban J connectivity index is 1.22. The zero-order valence-corrected chi connectivity index (χ0v) is 26.6. The molecule has 5 unspecified atom stereocenters. The monoisotopic (exact) mass is 632 g/mol. The number of allylic oxidation sites excluding steroid dienone is 2. The van der Waals surface area contributed by atoms with E-state index in [1.807, 2.05) is 19.9 Å². The third-order valence-corrected chi connectivity index (χ3v) is 10.3. The Morgan fingerprint density at radius 1 is 0.978 bits per heavy atom. The highest BCUT2D eigenvalue weighted by molar-refractivity contribution is 6.32. The first kappa shape index (κ1) is 30.1. The van der Waals surface area contributed by atoms with E-state index < -0.39 is 12.1 Å². The van der Waals surface area contributed by atoms with Crippen LogP contribution in [0.3, 0.4) is 0 Å². The predicted molar refractivity (Wildman–Crippen MR) is 177 cm³/mol. The second kappa shape index (κ2) is 11.6. The highest BCUT2D eigenvalue weighted by Crippen LogP contribution is 2.56. The Morgan fingerprint density at radius 2 is 1.70 bits per heavy atom. The number of halogens is 1. The van der Waals surface area contributed by atoms with Crippen molar-refractivity contribution in [2.45, 2.75) is 46.1 Å². The summed E-state index contributed by atoms with van der Waals surface area (Å²) in [6.45, 7) is 5.83. The molecule has 1 aromatic heterocycles. The largest absolute Gasteiger partial charge is 0.450 e. The van der Waals surface area contributed by atoms with Crippen LogP contribution >= 0.6 is 11.6 Å². The van der Waals surface area contributed by atoms with Crippen LogP contribution in [0.15, 0.2) is 84.4 Å². The number of ether oxygens (including phenoxy) is 1. The number of pyridine rings is 1. The molecule has 3 aliphatic rings. The van der Waals surface area contributed by atoms with Crippen molar-refractivity contribution in [3.8, 4) is 11.3 Å². The molecule has 0 radical (unpaired) electrons. The molecule has 2 amide bonds. The minimum Gasteiger partial charge on any atom is -0.450 e. The fraction of sp³-hybridized carbons (Fsp3) is 0.289. The molecule has 3 aromatic carbocycles. The van der Waals surface area contributed by atoms with Crippen molar-refractivity contribution in [3.05, 3.63) is 106 Å². The van der Waals surface area contributed by atoms with Crippen LogP contribution in [0.25, 0.3) is 22.2 Å². The number of rotatable bonds is 8. The van der Waals surface area contributed by atoms with Crippen molar-refractivity contribution in [1.29, 1.82) is 0 Å². The summed E-state index contributed by atoms with van der Waals surface area (Å²) in [5.41, 5.74) is 4.90. The van der Waals surface area contributed by atoms with Gasteiger partial charge in [0.1, 0.15) is 0 Å². The van der Waals surface area contributed by atoms with Crippen LogP contribution in [0, 0.1) is 30.6 Å². The summed E-state index contributed by atoms with van der Waals surface area (Å²) in [5, 5.41) is 1.07. The van der Waals surface area contributed by atoms with Gasteiger partial charge in [-0.1, -0.05) is 85.1 Å². The van der Waals surface area contributed by atoms with E-state index in [2.05, 4.69) is 13.0 Å². The van der Waals surface area contributed by atoms with E-state index in [9.17, 15) is 19.2 Å². The molecular formula is C38H33ClN2O5. The van der Waals surface area contributed by atoms with Gasteiger partial charge in [-0.25, -0.2) is 9.78 Å². The lowest BCUT2D eigenvalue weighted by Gasteiger charge is -2.19. The number of Topliss-reactive ketones (excluding diaryl/α,β-unsaturated/α-hetero) is 1. The zero-order chi connectivity index (χ0) is 32.3. The van der Waals surface area contributed by atoms with Crippen LogP contribution < -0.4 is 4.90 Å². The molecule has 1 aliphatic heterocycles. The number of hydrogen-bond acceptors (Lipinski definition) is 6. The van der Waals surface area contributed by atoms with Gasteiger partial charge in [0.15, 0.2) is 6.10 Å². The topological polar surface area (TPSA) is 93.6 Å². The molecule has 2 aliphatic carbocycles. The molecule has 1 saturated heterocycles. The maximum absolute atomic E-state index is 13.8. The summed E-state index contributed by atoms with van der Waals surface area (Å²) in [5.74, 6) is -1.44. The van der Waals surface area contributed by atoms with Crippen LogP contribution in [0.2, 0.25) is 5.02 Å². The number of aromatic nitrogens is 1. The molecule has 7 rings (SSSR count). The molecule has 2 fully saturated rings. The number of ketones is 1. The Hall–Kier alpha value is -4.62. The smallest absolute Gasteiger partial charge is 0.339 e. The molecule has 8 heteroatoms. The van der Waals surface area contributed by atoms with Crippen LogP contribution in [0.5, 0.6) is 0 Å². The Bertz CT molecular complexity index is 1950. The minimum absolute atomic E-state index is 0.130. The van der Waals surface area contributed by atoms with Crippen molar-refractivity contribution in [2.24, 2.45) is 23.7 Å². The normalized spacial score (nSPS) is 22.3. The number of carbonyl (C=O) groups excluding carboxylic acids is 4. The standard InChI is InChI=1S/C38H33ClN2O5/c1-4-8-31(35(42)23-9-6-5-7-10-23)46-38(45)28-19-30(40-34-21(3)29(39)16-15-26(28)34)22-11-13-25(14-12-22)41-36(43)32-24-17-20(2)27(18-24)33(32)37(41)44/h5-7,9-17,19,24,27,31-33H,4,8,18H2,1-3H3. The first-order valence-corrected chi connectivity index (χ1v) is 16.1. The molecule has 1 saturated carbocycles. The van der Waals surface area contributed by atoms with Gasteiger partial charge in [-0.2, -0.15) is 0 Å². The third kappa shape index (κ3) is 4.85. The van der Waals surface area contributed by atoms with Gasteiger partial charge in [-0.15, -0.1) is 0 Å². The highest BCUT2D eigenvalue weighted by atomic mass is 35.5. The van der Waals surface area contributed by atoms with Crippen LogP contribution in [0.1, 0.15) is 59.4 Å². The van der Waals surface area contributed by atoms with E-state index in [0.717, 1.165) is 6.42 Å². The summed E-state index contributed by atoms with van der Waals surface area (Å²) in [4.78, 5) is 60.2. The average Bonchev–Trinajstić information content (AvgIpc) is 3.71. The molecule has 2 heterocycles. The second-order valence-electron chi connectivity index (χ2n) is 12.6. The molecule has 0 N–H and O–H groups in total. The van der Waals surface area contributed by atoms with E-state index in [-0.39, 0.29) is 46.8 Å². The summed E-state index contributed by atoms with van der Waals surface area (Å²) >= 11 is 6.47. The fourth-order valence-electron chi connectivity index (χ4n) is 7.52. The lowest BCUT2D eigenvalue weighted by molar-refractivity contribution is -0.123. The number of esters is 1. The molecule has 232 valence electrons. The molecule has 46 heavy (non-hydrogen) atoms. The molecule has 4 aromatic rings. The number of nitrogens with zero attached hydrogens (tertiary/aromatic N) is 2. The van der Waals surface area contributed by atoms with Crippen LogP contribution in [0.4, 0.5) is 5.69 Å². The highest BCUT2D eigenvalue weighted by Gasteiger charge is 2.60. The average molecular weight is 633 g/mol. The van der Waals surface area contributed by atoms with Gasteiger partial charge < -0.3 is 4.74 Å². The van der Waals surface area contributed by atoms with Crippen molar-refractivity contribution in [3.63, 3.8) is 0 Å². The lowest BCUT2D eigenvalue weighted by atomic mass is 9.82. The summed E-state index contributed by atoms with van der Waals surface area (Å²) < 4.78 is 5.90. The number of amides is 2. The summed E-state index contributed by atoms with van der Waals surface area (Å²) in [7, 11) is 0. The Labute approximate surface area is 272 Å². The number of fused-ring (bicyclic) bond motifs is 6. The van der Waals surface area contributed by atoms with Gasteiger partial charge >= 0.3 is 5.97 Å². The quantitative estimate of drug-likeness (QED) is 0.0852. The van der Waals surface area contributed by atoms with Gasteiger partial charge in [-0.05, 0) is 68.4 Å². The Morgan fingerprint density at radius 3 is 2.41 bits per heavy atom. The molecule has 0 spiro atoms. The van der Waals surface area contributed by atoms with Crippen molar-refractivity contribution in [2.75, 3.05) is 4.90 Å². The first-order chi connectivity index (χ1) is 22.2. The fourth-order valence-corrected chi connectivity index (χ4v) is 7.67. The summed E-state index contributed by atoms with van der Waals surface area (Å²) in [6.07, 6.45) is 3.14. The van der Waals surface area contributed by atoms with Gasteiger partial charge in [0, 0.05) is 21.5 Å². The number of anilines is 1. The van der Waals surface area contributed by atoms with E-state index in [1.165, 1.54) is 10.5 Å². The van der Waals surface area contributed by atoms with E-state index in [4.69, 9.17) is 21.3 Å². The van der Waals surface area contributed by atoms with Crippen LogP contribution in [-0.4, -0.2) is 34.7 Å². The molecule has 2 bridgehead atoms. The predicted octanol–water partition coefficient (Wildman–Crippen LogP) is 7.77. The van der Waals surface area contributed by atoms with Crippen LogP contribution in [-0.2, 0) is 14.3 Å². The number of carbonyl (C=O) groups is 4.